The summed E-state index contributed by atoms with van der Waals surface area (Å²) in [5.41, 5.74) is 0. The highest BCUT2D eigenvalue weighted by molar-refractivity contribution is 5.56. The van der Waals surface area contributed by atoms with E-state index >= 15 is 0 Å². The summed E-state index contributed by atoms with van der Waals surface area (Å²) in [5, 5.41) is 0. The van der Waals surface area contributed by atoms with Gasteiger partial charge in [-0.1, -0.05) is 0 Å². The van der Waals surface area contributed by atoms with E-state index in [1.807, 2.05) is 0 Å². The van der Waals surface area contributed by atoms with Crippen LogP contribution in [-0.4, -0.2) is 63.0 Å². The molecule has 2 rings (SSSR count). The minimum absolute atomic E-state index is 0.194. The largest absolute Gasteiger partial charge is 0.379 e. The summed E-state index contributed by atoms with van der Waals surface area (Å²) in [7, 11) is 0. The molecule has 0 bridgehead atoms. The van der Waals surface area contributed by atoms with E-state index in [2.05, 4.69) is 4.90 Å². The summed E-state index contributed by atoms with van der Waals surface area (Å²) in [5.74, 6) is 0. The van der Waals surface area contributed by atoms with Crippen molar-refractivity contribution in [3.05, 3.63) is 0 Å². The average molecular weight is 243 g/mol. The van der Waals surface area contributed by atoms with Crippen molar-refractivity contribution in [3.63, 3.8) is 0 Å². The monoisotopic (exact) mass is 243 g/mol. The van der Waals surface area contributed by atoms with Crippen LogP contribution < -0.4 is 0 Å². The highest BCUT2D eigenvalue weighted by atomic mass is 16.7. The molecule has 0 spiro atoms. The van der Waals surface area contributed by atoms with E-state index in [1.54, 1.807) is 0 Å². The topological polar surface area (TPSA) is 48.0 Å². The minimum atomic E-state index is -0.379. The van der Waals surface area contributed by atoms with Gasteiger partial charge in [0.15, 0.2) is 6.29 Å². The van der Waals surface area contributed by atoms with Crippen molar-refractivity contribution >= 4 is 6.29 Å². The fourth-order valence-electron chi connectivity index (χ4n) is 2.17. The maximum atomic E-state index is 11.0. The number of carbonyl (C=O) groups is 1. The molecule has 17 heavy (non-hydrogen) atoms. The number of hydrogen-bond donors (Lipinski definition) is 0. The van der Waals surface area contributed by atoms with Crippen molar-refractivity contribution < 1.29 is 19.0 Å². The third-order valence-electron chi connectivity index (χ3n) is 3.16. The Morgan fingerprint density at radius 1 is 1.29 bits per heavy atom. The standard InChI is InChI=1S/C12H21NO4/c14-10-11(9-13-4-7-15-8-5-13)17-12-3-1-2-6-16-12/h10-12H,1-9H2. The van der Waals surface area contributed by atoms with Gasteiger partial charge in [-0.15, -0.1) is 0 Å². The zero-order valence-electron chi connectivity index (χ0n) is 10.2. The van der Waals surface area contributed by atoms with Gasteiger partial charge in [0.05, 0.1) is 13.2 Å². The molecule has 0 aliphatic carbocycles. The lowest BCUT2D eigenvalue weighted by Crippen LogP contribution is -2.43. The molecule has 0 aromatic heterocycles. The maximum absolute atomic E-state index is 11.0. The number of rotatable bonds is 5. The van der Waals surface area contributed by atoms with Crippen LogP contribution in [0.15, 0.2) is 0 Å². The molecule has 98 valence electrons. The molecule has 2 unspecified atom stereocenters. The van der Waals surface area contributed by atoms with Gasteiger partial charge < -0.3 is 19.0 Å². The Morgan fingerprint density at radius 2 is 2.12 bits per heavy atom. The third-order valence-corrected chi connectivity index (χ3v) is 3.16. The second kappa shape index (κ2) is 7.06. The quantitative estimate of drug-likeness (QED) is 0.655. The number of aldehydes is 1. The molecule has 0 aromatic carbocycles. The fourth-order valence-corrected chi connectivity index (χ4v) is 2.17. The Hall–Kier alpha value is -0.490. The van der Waals surface area contributed by atoms with Crippen LogP contribution in [0, 0.1) is 0 Å². The third kappa shape index (κ3) is 4.35. The van der Waals surface area contributed by atoms with Crippen molar-refractivity contribution in [1.82, 2.24) is 4.90 Å². The van der Waals surface area contributed by atoms with Gasteiger partial charge in [0, 0.05) is 26.2 Å². The van der Waals surface area contributed by atoms with Crippen LogP contribution in [0.5, 0.6) is 0 Å². The van der Waals surface area contributed by atoms with Gasteiger partial charge in [-0.05, 0) is 19.3 Å². The lowest BCUT2D eigenvalue weighted by Gasteiger charge is -2.31. The van der Waals surface area contributed by atoms with Crippen molar-refractivity contribution in [1.29, 1.82) is 0 Å². The predicted molar refractivity (Wildman–Crippen MR) is 61.8 cm³/mol. The van der Waals surface area contributed by atoms with Crippen molar-refractivity contribution in [2.75, 3.05) is 39.5 Å². The van der Waals surface area contributed by atoms with Gasteiger partial charge in [-0.2, -0.15) is 0 Å². The van der Waals surface area contributed by atoms with Gasteiger partial charge in [0.2, 0.25) is 0 Å². The van der Waals surface area contributed by atoms with Gasteiger partial charge in [0.25, 0.3) is 0 Å². The minimum Gasteiger partial charge on any atom is -0.379 e. The number of ether oxygens (including phenoxy) is 3. The number of morpholine rings is 1. The molecule has 0 N–H and O–H groups in total. The SMILES string of the molecule is O=CC(CN1CCOCC1)OC1CCCCO1. The highest BCUT2D eigenvalue weighted by Gasteiger charge is 2.22. The maximum Gasteiger partial charge on any atom is 0.158 e. The zero-order chi connectivity index (χ0) is 11.9. The lowest BCUT2D eigenvalue weighted by atomic mass is 10.2. The molecule has 2 aliphatic heterocycles. The van der Waals surface area contributed by atoms with Crippen LogP contribution in [-0.2, 0) is 19.0 Å². The lowest BCUT2D eigenvalue weighted by molar-refractivity contribution is -0.190. The van der Waals surface area contributed by atoms with E-state index in [-0.39, 0.29) is 12.4 Å². The van der Waals surface area contributed by atoms with Crippen LogP contribution in [0.2, 0.25) is 0 Å². The molecule has 0 radical (unpaired) electrons. The summed E-state index contributed by atoms with van der Waals surface area (Å²) in [6.45, 7) is 4.62. The van der Waals surface area contributed by atoms with E-state index < -0.39 is 0 Å². The molecule has 2 atom stereocenters. The molecule has 5 heteroatoms. The molecule has 0 saturated carbocycles. The number of hydrogen-bond acceptors (Lipinski definition) is 5. The molecule has 2 saturated heterocycles. The first-order valence-corrected chi connectivity index (χ1v) is 6.41. The van der Waals surface area contributed by atoms with Crippen molar-refractivity contribution in [3.8, 4) is 0 Å². The van der Waals surface area contributed by atoms with Crippen molar-refractivity contribution in [2.45, 2.75) is 31.7 Å². The molecule has 2 aliphatic rings. The molecular formula is C12H21NO4. The Balaban J connectivity index is 1.72. The van der Waals surface area contributed by atoms with E-state index in [0.29, 0.717) is 6.54 Å². The van der Waals surface area contributed by atoms with Crippen LogP contribution >= 0.6 is 0 Å². The van der Waals surface area contributed by atoms with Gasteiger partial charge in [0.1, 0.15) is 12.4 Å². The molecule has 2 heterocycles. The second-order valence-corrected chi connectivity index (χ2v) is 4.52. The Morgan fingerprint density at radius 3 is 2.76 bits per heavy atom. The van der Waals surface area contributed by atoms with Gasteiger partial charge >= 0.3 is 0 Å². The average Bonchev–Trinajstić information content (AvgIpc) is 2.40. The Kier molecular flexibility index (Phi) is 5.38. The second-order valence-electron chi connectivity index (χ2n) is 4.52. The van der Waals surface area contributed by atoms with Crippen molar-refractivity contribution in [2.24, 2.45) is 0 Å². The van der Waals surface area contributed by atoms with E-state index in [1.165, 1.54) is 0 Å². The first-order valence-electron chi connectivity index (χ1n) is 6.41. The summed E-state index contributed by atoms with van der Waals surface area (Å²) < 4.78 is 16.4. The molecular weight excluding hydrogens is 222 g/mol. The predicted octanol–water partition coefficient (Wildman–Crippen LogP) is 0.429. The molecule has 2 fully saturated rings. The van der Waals surface area contributed by atoms with E-state index in [9.17, 15) is 4.79 Å². The molecule has 0 amide bonds. The van der Waals surface area contributed by atoms with Gasteiger partial charge in [-0.25, -0.2) is 0 Å². The van der Waals surface area contributed by atoms with Crippen LogP contribution in [0.25, 0.3) is 0 Å². The summed E-state index contributed by atoms with van der Waals surface area (Å²) >= 11 is 0. The summed E-state index contributed by atoms with van der Waals surface area (Å²) in [4.78, 5) is 13.2. The normalized spacial score (nSPS) is 28.8. The van der Waals surface area contributed by atoms with E-state index in [4.69, 9.17) is 14.2 Å². The number of nitrogens with zero attached hydrogens (tertiary/aromatic N) is 1. The van der Waals surface area contributed by atoms with Crippen LogP contribution in [0.4, 0.5) is 0 Å². The van der Waals surface area contributed by atoms with Crippen LogP contribution in [0.1, 0.15) is 19.3 Å². The smallest absolute Gasteiger partial charge is 0.158 e. The molecule has 0 aromatic rings. The first-order chi connectivity index (χ1) is 8.38. The van der Waals surface area contributed by atoms with Gasteiger partial charge in [-0.3, -0.25) is 4.90 Å². The first kappa shape index (κ1) is 13.0. The zero-order valence-corrected chi connectivity index (χ0v) is 10.2. The Labute approximate surface area is 102 Å². The van der Waals surface area contributed by atoms with Crippen LogP contribution in [0.3, 0.4) is 0 Å². The molecule has 5 nitrogen and oxygen atoms in total. The van der Waals surface area contributed by atoms with E-state index in [0.717, 1.165) is 58.5 Å². The number of carbonyl (C=O) groups excluding carboxylic acids is 1. The summed E-state index contributed by atoms with van der Waals surface area (Å²) in [6.07, 6.45) is 3.42. The summed E-state index contributed by atoms with van der Waals surface area (Å²) in [6, 6.07) is 0. The Bertz CT molecular complexity index is 205. The fraction of sp³-hybridized carbons (Fsp3) is 0.917. The highest BCUT2D eigenvalue weighted by Crippen LogP contribution is 2.15.